The van der Waals surface area contributed by atoms with E-state index in [2.05, 4.69) is 5.32 Å². The molecular formula is C14H19F2NO. The molecule has 4 heteroatoms. The highest BCUT2D eigenvalue weighted by Crippen LogP contribution is 2.43. The van der Waals surface area contributed by atoms with E-state index in [0.717, 1.165) is 31.7 Å². The lowest BCUT2D eigenvalue weighted by molar-refractivity contribution is -0.0358. The monoisotopic (exact) mass is 255 g/mol. The average molecular weight is 255 g/mol. The van der Waals surface area contributed by atoms with Gasteiger partial charge in [0.05, 0.1) is 11.6 Å². The Morgan fingerprint density at radius 2 is 1.94 bits per heavy atom. The van der Waals surface area contributed by atoms with Gasteiger partial charge in [-0.1, -0.05) is 25.0 Å². The molecule has 1 N–H and O–H groups in total. The predicted octanol–water partition coefficient (Wildman–Crippen LogP) is 3.18. The van der Waals surface area contributed by atoms with E-state index in [1.807, 2.05) is 0 Å². The Bertz CT molecular complexity index is 416. The second-order valence-electron chi connectivity index (χ2n) is 4.84. The minimum atomic E-state index is -0.808. The lowest BCUT2D eigenvalue weighted by atomic mass is 9.86. The Balaban J connectivity index is 2.41. The van der Waals surface area contributed by atoms with Crippen molar-refractivity contribution >= 4 is 0 Å². The molecular weight excluding hydrogens is 236 g/mol. The Morgan fingerprint density at radius 1 is 1.28 bits per heavy atom. The molecule has 1 fully saturated rings. The van der Waals surface area contributed by atoms with Gasteiger partial charge in [0.1, 0.15) is 0 Å². The van der Waals surface area contributed by atoms with Crippen molar-refractivity contribution in [2.45, 2.75) is 37.3 Å². The Labute approximate surface area is 106 Å². The Morgan fingerprint density at radius 3 is 2.50 bits per heavy atom. The molecule has 0 aliphatic heterocycles. The summed E-state index contributed by atoms with van der Waals surface area (Å²) in [5, 5.41) is 3.09. The summed E-state index contributed by atoms with van der Waals surface area (Å²) < 4.78 is 32.9. The number of hydrogen-bond donors (Lipinski definition) is 1. The van der Waals surface area contributed by atoms with Crippen LogP contribution in [0.3, 0.4) is 0 Å². The van der Waals surface area contributed by atoms with Crippen LogP contribution in [0.5, 0.6) is 0 Å². The van der Waals surface area contributed by atoms with Gasteiger partial charge in [0.2, 0.25) is 0 Å². The van der Waals surface area contributed by atoms with Crippen molar-refractivity contribution in [1.29, 1.82) is 0 Å². The van der Waals surface area contributed by atoms with Gasteiger partial charge in [-0.25, -0.2) is 8.78 Å². The molecule has 1 atom stereocenters. The van der Waals surface area contributed by atoms with Crippen molar-refractivity contribution in [1.82, 2.24) is 5.32 Å². The standard InChI is InChI=1S/C14H19F2NO/c1-17-13(14(18-2)8-3-4-9-14)10-6-5-7-11(15)12(10)16/h5-7,13,17H,3-4,8-9H2,1-2H3. The summed E-state index contributed by atoms with van der Waals surface area (Å²) in [7, 11) is 3.40. The van der Waals surface area contributed by atoms with E-state index < -0.39 is 17.2 Å². The fourth-order valence-corrected chi connectivity index (χ4v) is 3.03. The summed E-state index contributed by atoms with van der Waals surface area (Å²) in [5.41, 5.74) is -0.0788. The van der Waals surface area contributed by atoms with Crippen LogP contribution in [-0.2, 0) is 4.74 Å². The number of halogens is 2. The SMILES string of the molecule is CNC(c1cccc(F)c1F)C1(OC)CCCC1. The van der Waals surface area contributed by atoms with Gasteiger partial charge in [0, 0.05) is 12.7 Å². The summed E-state index contributed by atoms with van der Waals surface area (Å²) in [6.07, 6.45) is 3.85. The molecule has 0 spiro atoms. The number of ether oxygens (including phenoxy) is 1. The molecule has 0 heterocycles. The number of hydrogen-bond acceptors (Lipinski definition) is 2. The highest BCUT2D eigenvalue weighted by molar-refractivity contribution is 5.26. The van der Waals surface area contributed by atoms with Crippen molar-refractivity contribution < 1.29 is 13.5 Å². The third-order valence-corrected chi connectivity index (χ3v) is 3.96. The Hall–Kier alpha value is -1.00. The molecule has 1 aliphatic rings. The summed E-state index contributed by atoms with van der Waals surface area (Å²) in [4.78, 5) is 0. The first-order chi connectivity index (χ1) is 8.64. The normalized spacial score (nSPS) is 20.0. The molecule has 0 radical (unpaired) electrons. The maximum absolute atomic E-state index is 13.9. The molecule has 1 saturated carbocycles. The molecule has 0 bridgehead atoms. The number of benzene rings is 1. The molecule has 1 aromatic rings. The van der Waals surface area contributed by atoms with Crippen LogP contribution >= 0.6 is 0 Å². The zero-order valence-corrected chi connectivity index (χ0v) is 10.8. The minimum absolute atomic E-state index is 0.319. The van der Waals surface area contributed by atoms with Crippen LogP contribution in [0.15, 0.2) is 18.2 Å². The predicted molar refractivity (Wildman–Crippen MR) is 66.4 cm³/mol. The van der Waals surface area contributed by atoms with Crippen molar-refractivity contribution in [2.75, 3.05) is 14.2 Å². The first-order valence-corrected chi connectivity index (χ1v) is 6.31. The summed E-state index contributed by atoms with van der Waals surface area (Å²) in [6, 6.07) is 3.98. The van der Waals surface area contributed by atoms with E-state index in [0.29, 0.717) is 5.56 Å². The minimum Gasteiger partial charge on any atom is -0.376 e. The number of likely N-dealkylation sites (N-methyl/N-ethyl adjacent to an activating group) is 1. The fraction of sp³-hybridized carbons (Fsp3) is 0.571. The Kier molecular flexibility index (Phi) is 3.97. The largest absolute Gasteiger partial charge is 0.376 e. The molecule has 100 valence electrons. The van der Waals surface area contributed by atoms with Crippen LogP contribution < -0.4 is 5.32 Å². The lowest BCUT2D eigenvalue weighted by Gasteiger charge is -2.36. The van der Waals surface area contributed by atoms with Gasteiger partial charge in [-0.15, -0.1) is 0 Å². The maximum Gasteiger partial charge on any atom is 0.163 e. The van der Waals surface area contributed by atoms with E-state index in [1.165, 1.54) is 6.07 Å². The van der Waals surface area contributed by atoms with Gasteiger partial charge in [-0.3, -0.25) is 0 Å². The first kappa shape index (κ1) is 13.4. The second-order valence-corrected chi connectivity index (χ2v) is 4.84. The van der Waals surface area contributed by atoms with E-state index in [9.17, 15) is 8.78 Å². The van der Waals surface area contributed by atoms with Crippen molar-refractivity contribution in [3.63, 3.8) is 0 Å². The van der Waals surface area contributed by atoms with Crippen molar-refractivity contribution in [2.24, 2.45) is 0 Å². The topological polar surface area (TPSA) is 21.3 Å². The third-order valence-electron chi connectivity index (χ3n) is 3.96. The molecule has 2 rings (SSSR count). The van der Waals surface area contributed by atoms with Crippen LogP contribution in [-0.4, -0.2) is 19.8 Å². The molecule has 2 nitrogen and oxygen atoms in total. The zero-order valence-electron chi connectivity index (χ0n) is 10.8. The van der Waals surface area contributed by atoms with Crippen LogP contribution in [0.1, 0.15) is 37.3 Å². The van der Waals surface area contributed by atoms with Crippen molar-refractivity contribution in [3.05, 3.63) is 35.4 Å². The van der Waals surface area contributed by atoms with E-state index in [4.69, 9.17) is 4.74 Å². The summed E-state index contributed by atoms with van der Waals surface area (Å²) in [5.74, 6) is -1.59. The number of methoxy groups -OCH3 is 1. The first-order valence-electron chi connectivity index (χ1n) is 6.31. The highest BCUT2D eigenvalue weighted by atomic mass is 19.2. The van der Waals surface area contributed by atoms with Gasteiger partial charge >= 0.3 is 0 Å². The van der Waals surface area contributed by atoms with Gasteiger partial charge < -0.3 is 10.1 Å². The second kappa shape index (κ2) is 5.33. The van der Waals surface area contributed by atoms with Gasteiger partial charge in [0.15, 0.2) is 11.6 Å². The van der Waals surface area contributed by atoms with E-state index in [1.54, 1.807) is 20.2 Å². The van der Waals surface area contributed by atoms with Crippen LogP contribution in [0, 0.1) is 11.6 Å². The van der Waals surface area contributed by atoms with Gasteiger partial charge in [0.25, 0.3) is 0 Å². The van der Waals surface area contributed by atoms with Gasteiger partial charge in [-0.05, 0) is 26.0 Å². The number of rotatable bonds is 4. The summed E-state index contributed by atoms with van der Waals surface area (Å²) >= 11 is 0. The molecule has 1 unspecified atom stereocenters. The van der Waals surface area contributed by atoms with E-state index in [-0.39, 0.29) is 6.04 Å². The smallest absolute Gasteiger partial charge is 0.163 e. The zero-order chi connectivity index (χ0) is 13.2. The van der Waals surface area contributed by atoms with Crippen LogP contribution in [0.25, 0.3) is 0 Å². The molecule has 0 aromatic heterocycles. The summed E-state index contributed by atoms with van der Waals surface area (Å²) in [6.45, 7) is 0. The third kappa shape index (κ3) is 2.15. The molecule has 1 aromatic carbocycles. The molecule has 18 heavy (non-hydrogen) atoms. The van der Waals surface area contributed by atoms with Crippen LogP contribution in [0.4, 0.5) is 8.78 Å². The van der Waals surface area contributed by atoms with E-state index >= 15 is 0 Å². The molecule has 0 saturated heterocycles. The van der Waals surface area contributed by atoms with Crippen LogP contribution in [0.2, 0.25) is 0 Å². The fourth-order valence-electron chi connectivity index (χ4n) is 3.03. The molecule has 0 amide bonds. The molecule has 1 aliphatic carbocycles. The van der Waals surface area contributed by atoms with Crippen molar-refractivity contribution in [3.8, 4) is 0 Å². The lowest BCUT2D eigenvalue weighted by Crippen LogP contribution is -2.42. The quantitative estimate of drug-likeness (QED) is 0.892. The maximum atomic E-state index is 13.9. The average Bonchev–Trinajstić information content (AvgIpc) is 2.85. The highest BCUT2D eigenvalue weighted by Gasteiger charge is 2.42. The number of nitrogens with one attached hydrogen (secondary N) is 1. The van der Waals surface area contributed by atoms with Gasteiger partial charge in [-0.2, -0.15) is 0 Å².